The SMILES string of the molecule is CC[C@H]1OC(=O)[C@H](C)C(=O)[C@H](C)[C@@H](O[C@@H]2O[C@H](C)C[C@H](N(C)C)[C@H]2O)[C@](C)(OC)C[C@@H](C)C(=O)[C@H](C)[C@H]2N(CC3(O)CCN(C)CC3)C(=O)O[C@]12C. The summed E-state index contributed by atoms with van der Waals surface area (Å²) in [4.78, 5) is 62.0. The average molecular weight is 740 g/mol. The number of β-amino-alcohol motifs (C(OH)–C–C–N with tert-alkyl or cyclic N) is 1. The van der Waals surface area contributed by atoms with E-state index in [2.05, 4.69) is 4.90 Å². The van der Waals surface area contributed by atoms with Gasteiger partial charge in [-0.05, 0) is 80.9 Å². The summed E-state index contributed by atoms with van der Waals surface area (Å²) in [5.74, 6) is -5.16. The number of aliphatic hydroxyl groups excluding tert-OH is 1. The van der Waals surface area contributed by atoms with Gasteiger partial charge in [0.2, 0.25) is 0 Å². The number of carbonyl (C=O) groups excluding carboxylic acids is 4. The lowest BCUT2D eigenvalue weighted by Gasteiger charge is -2.47. The lowest BCUT2D eigenvalue weighted by atomic mass is 9.73. The fourth-order valence-corrected chi connectivity index (χ4v) is 9.15. The third-order valence-electron chi connectivity index (χ3n) is 12.5. The third kappa shape index (κ3) is 8.38. The molecular formula is C38H65N3O11. The molecule has 13 atom stereocenters. The van der Waals surface area contributed by atoms with Gasteiger partial charge in [0.05, 0.1) is 36.0 Å². The summed E-state index contributed by atoms with van der Waals surface area (Å²) in [7, 11) is 7.19. The van der Waals surface area contributed by atoms with Gasteiger partial charge in [0.25, 0.3) is 0 Å². The van der Waals surface area contributed by atoms with Crippen molar-refractivity contribution in [3.63, 3.8) is 0 Å². The Kier molecular flexibility index (Phi) is 13.3. The Labute approximate surface area is 309 Å². The Balaban J connectivity index is 1.78. The van der Waals surface area contributed by atoms with E-state index in [9.17, 15) is 29.4 Å². The molecular weight excluding hydrogens is 674 g/mol. The van der Waals surface area contributed by atoms with Gasteiger partial charge in [0.15, 0.2) is 17.7 Å². The number of cyclic esters (lactones) is 1. The Morgan fingerprint density at radius 2 is 1.60 bits per heavy atom. The molecule has 298 valence electrons. The second kappa shape index (κ2) is 16.3. The molecule has 0 aliphatic carbocycles. The van der Waals surface area contributed by atoms with E-state index in [0.717, 1.165) is 0 Å². The number of hydrogen-bond acceptors (Lipinski definition) is 13. The third-order valence-corrected chi connectivity index (χ3v) is 12.5. The van der Waals surface area contributed by atoms with Crippen molar-refractivity contribution >= 4 is 23.6 Å². The fraction of sp³-hybridized carbons (Fsp3) is 0.895. The highest BCUT2D eigenvalue weighted by molar-refractivity contribution is 6.00. The molecule has 1 amide bonds. The van der Waals surface area contributed by atoms with E-state index < -0.39 is 89.0 Å². The van der Waals surface area contributed by atoms with E-state index in [-0.39, 0.29) is 37.3 Å². The predicted octanol–water partition coefficient (Wildman–Crippen LogP) is 2.65. The van der Waals surface area contributed by atoms with Crippen molar-refractivity contribution in [1.82, 2.24) is 14.7 Å². The number of nitrogens with zero attached hydrogens (tertiary/aromatic N) is 3. The van der Waals surface area contributed by atoms with Gasteiger partial charge in [-0.25, -0.2) is 4.79 Å². The van der Waals surface area contributed by atoms with E-state index in [0.29, 0.717) is 32.4 Å². The van der Waals surface area contributed by atoms with Crippen molar-refractivity contribution in [1.29, 1.82) is 0 Å². The van der Waals surface area contributed by atoms with Crippen molar-refractivity contribution in [3.8, 4) is 0 Å². The van der Waals surface area contributed by atoms with Crippen LogP contribution in [-0.2, 0) is 38.1 Å². The fourth-order valence-electron chi connectivity index (χ4n) is 9.15. The molecule has 0 aromatic rings. The Bertz CT molecular complexity index is 1310. The van der Waals surface area contributed by atoms with E-state index in [1.807, 2.05) is 33.0 Å². The zero-order valence-electron chi connectivity index (χ0n) is 33.4. The number of methoxy groups -OCH3 is 1. The molecule has 4 aliphatic heterocycles. The lowest BCUT2D eigenvalue weighted by molar-refractivity contribution is -0.295. The normalized spacial score (nSPS) is 42.8. The monoisotopic (exact) mass is 739 g/mol. The molecule has 0 saturated carbocycles. The van der Waals surface area contributed by atoms with E-state index in [1.165, 1.54) is 18.9 Å². The van der Waals surface area contributed by atoms with E-state index >= 15 is 0 Å². The van der Waals surface area contributed by atoms with Crippen LogP contribution < -0.4 is 0 Å². The summed E-state index contributed by atoms with van der Waals surface area (Å²) < 4.78 is 31.0. The summed E-state index contributed by atoms with van der Waals surface area (Å²) >= 11 is 0. The number of likely N-dealkylation sites (tertiary alicyclic amines) is 1. The van der Waals surface area contributed by atoms with Gasteiger partial charge in [0.1, 0.15) is 23.9 Å². The maximum absolute atomic E-state index is 14.6. The van der Waals surface area contributed by atoms with Crippen LogP contribution in [0.3, 0.4) is 0 Å². The summed E-state index contributed by atoms with van der Waals surface area (Å²) in [5.41, 5.74) is -3.95. The summed E-state index contributed by atoms with van der Waals surface area (Å²) in [5, 5.41) is 23.1. The van der Waals surface area contributed by atoms with Gasteiger partial charge in [-0.2, -0.15) is 0 Å². The Hall–Kier alpha value is -2.20. The highest BCUT2D eigenvalue weighted by Gasteiger charge is 2.61. The minimum absolute atomic E-state index is 0.0511. The number of ether oxygens (including phenoxy) is 5. The minimum Gasteiger partial charge on any atom is -0.458 e. The first-order chi connectivity index (χ1) is 24.1. The maximum atomic E-state index is 14.6. The molecule has 14 heteroatoms. The maximum Gasteiger partial charge on any atom is 0.411 e. The number of fused-ring (bicyclic) bond motifs is 1. The standard InChI is InChI=1S/C38H65N3O11/c1-13-27-37(8)31(41(35(46)52-37)20-38(47)14-16-40(11)17-15-38)23(4)28(42)21(2)19-36(7,48-12)32(24(5)29(43)25(6)33(45)50-27)51-34-30(44)26(39(9)10)18-22(3)49-34/h21-27,30-32,34,44,47H,13-20H2,1-12H3/t21-,22-,23+,24+,25-,26+,27-,30-,31-,32-,34+,36-,37-/m1/s1. The zero-order chi connectivity index (χ0) is 39.1. The van der Waals surface area contributed by atoms with Crippen LogP contribution in [0, 0.1) is 23.7 Å². The van der Waals surface area contributed by atoms with Crippen LogP contribution in [0.25, 0.3) is 0 Å². The molecule has 0 unspecified atom stereocenters. The van der Waals surface area contributed by atoms with Crippen LogP contribution in [-0.4, -0.2) is 156 Å². The highest BCUT2D eigenvalue weighted by atomic mass is 16.7. The molecule has 52 heavy (non-hydrogen) atoms. The number of ketones is 2. The number of piperidine rings is 1. The second-order valence-corrected chi connectivity index (χ2v) is 16.8. The average Bonchev–Trinajstić information content (AvgIpc) is 3.34. The number of hydrogen-bond donors (Lipinski definition) is 2. The van der Waals surface area contributed by atoms with Crippen molar-refractivity contribution in [3.05, 3.63) is 0 Å². The molecule has 4 rings (SSSR count). The first kappa shape index (κ1) is 42.5. The molecule has 0 bridgehead atoms. The highest BCUT2D eigenvalue weighted by Crippen LogP contribution is 2.44. The number of rotatable bonds is 7. The molecule has 4 heterocycles. The number of aliphatic hydroxyl groups is 2. The van der Waals surface area contributed by atoms with Gasteiger partial charge in [-0.15, -0.1) is 0 Å². The summed E-state index contributed by atoms with van der Waals surface area (Å²) in [6, 6.07) is -1.19. The van der Waals surface area contributed by atoms with Crippen LogP contribution in [0.5, 0.6) is 0 Å². The van der Waals surface area contributed by atoms with Crippen LogP contribution in [0.4, 0.5) is 4.79 Å². The number of amides is 1. The van der Waals surface area contributed by atoms with Crippen LogP contribution >= 0.6 is 0 Å². The largest absolute Gasteiger partial charge is 0.458 e. The van der Waals surface area contributed by atoms with Gasteiger partial charge in [-0.3, -0.25) is 19.3 Å². The van der Waals surface area contributed by atoms with Crippen LogP contribution in [0.2, 0.25) is 0 Å². The second-order valence-electron chi connectivity index (χ2n) is 16.8. The molecule has 4 fully saturated rings. The quantitative estimate of drug-likeness (QED) is 0.290. The topological polar surface area (TPSA) is 165 Å². The van der Waals surface area contributed by atoms with Crippen molar-refractivity contribution in [2.45, 2.75) is 147 Å². The molecule has 2 N–H and O–H groups in total. The Morgan fingerprint density at radius 3 is 2.15 bits per heavy atom. The van der Waals surface area contributed by atoms with Gasteiger partial charge in [0, 0.05) is 44.0 Å². The van der Waals surface area contributed by atoms with Crippen molar-refractivity contribution in [2.75, 3.05) is 47.9 Å². The summed E-state index contributed by atoms with van der Waals surface area (Å²) in [6.45, 7) is 15.0. The van der Waals surface area contributed by atoms with Gasteiger partial charge < -0.3 is 43.7 Å². The first-order valence-corrected chi connectivity index (χ1v) is 19.0. The smallest absolute Gasteiger partial charge is 0.411 e. The van der Waals surface area contributed by atoms with Crippen molar-refractivity contribution in [2.24, 2.45) is 23.7 Å². The first-order valence-electron chi connectivity index (χ1n) is 19.0. The molecule has 0 aromatic carbocycles. The molecule has 0 radical (unpaired) electrons. The molecule has 4 aliphatic rings. The zero-order valence-corrected chi connectivity index (χ0v) is 33.4. The van der Waals surface area contributed by atoms with Gasteiger partial charge >= 0.3 is 12.1 Å². The lowest BCUT2D eigenvalue weighted by Crippen LogP contribution is -2.61. The molecule has 0 spiro atoms. The van der Waals surface area contributed by atoms with Crippen molar-refractivity contribution < 1.29 is 53.1 Å². The number of esters is 1. The van der Waals surface area contributed by atoms with E-state index in [4.69, 9.17) is 23.7 Å². The van der Waals surface area contributed by atoms with Crippen LogP contribution in [0.15, 0.2) is 0 Å². The number of likely N-dealkylation sites (N-methyl/N-ethyl adjacent to an activating group) is 1. The van der Waals surface area contributed by atoms with Crippen LogP contribution in [0.1, 0.15) is 87.5 Å². The minimum atomic E-state index is -1.47. The Morgan fingerprint density at radius 1 is 0.981 bits per heavy atom. The predicted molar refractivity (Wildman–Crippen MR) is 191 cm³/mol. The van der Waals surface area contributed by atoms with E-state index in [1.54, 1.807) is 41.5 Å². The van der Waals surface area contributed by atoms with Gasteiger partial charge in [-0.1, -0.05) is 27.7 Å². The molecule has 4 saturated heterocycles. The number of Topliss-reactive ketones (excluding diaryl/α,β-unsaturated/α-hetero) is 2. The molecule has 0 aromatic heterocycles. The number of carbonyl (C=O) groups is 4. The summed E-state index contributed by atoms with van der Waals surface area (Å²) in [6.07, 6.45) is -3.43. The molecule has 14 nitrogen and oxygen atoms in total.